The summed E-state index contributed by atoms with van der Waals surface area (Å²) in [4.78, 5) is 30.5. The quantitative estimate of drug-likeness (QED) is 0.308. The Balaban J connectivity index is 1.15. The van der Waals surface area contributed by atoms with E-state index in [1.54, 1.807) is 12.1 Å². The van der Waals surface area contributed by atoms with Crippen molar-refractivity contribution in [3.63, 3.8) is 0 Å². The Bertz CT molecular complexity index is 1550. The summed E-state index contributed by atoms with van der Waals surface area (Å²) in [6, 6.07) is 13.8. The molecule has 2 aromatic rings. The Morgan fingerprint density at radius 3 is 2.27 bits per heavy atom. The van der Waals surface area contributed by atoms with Gasteiger partial charge in [-0.2, -0.15) is 0 Å². The average molecular weight is 667 g/mol. The van der Waals surface area contributed by atoms with E-state index >= 15 is 0 Å². The third-order valence-corrected chi connectivity index (χ3v) is 16.8. The van der Waals surface area contributed by atoms with Crippen LogP contribution < -0.4 is 5.32 Å². The fourth-order valence-corrected chi connectivity index (χ4v) is 14.3. The zero-order valence-corrected chi connectivity index (χ0v) is 31.4. The fraction of sp³-hybridized carbons (Fsp3) is 0.705. The van der Waals surface area contributed by atoms with Gasteiger partial charge in [-0.25, -0.2) is 4.79 Å². The minimum absolute atomic E-state index is 0.139. The van der Waals surface area contributed by atoms with E-state index in [4.69, 9.17) is 0 Å². The number of pyridine rings is 1. The lowest BCUT2D eigenvalue weighted by molar-refractivity contribution is -0.239. The second kappa shape index (κ2) is 12.2. The molecule has 0 bridgehead atoms. The highest BCUT2D eigenvalue weighted by Gasteiger charge is 2.72. The van der Waals surface area contributed by atoms with Gasteiger partial charge in [0, 0.05) is 24.9 Å². The normalized spacial score (nSPS) is 40.8. The van der Waals surface area contributed by atoms with Crippen molar-refractivity contribution in [3.05, 3.63) is 65.5 Å². The minimum atomic E-state index is -0.851. The summed E-state index contributed by atoms with van der Waals surface area (Å²) in [6.45, 7) is 18.6. The molecule has 1 aromatic heterocycles. The number of hydrogen-bond donors (Lipinski definition) is 2. The zero-order chi connectivity index (χ0) is 35.0. The molecule has 0 radical (unpaired) electrons. The summed E-state index contributed by atoms with van der Waals surface area (Å²) in [5.41, 5.74) is 3.42. The largest absolute Gasteiger partial charge is 0.478 e. The molecular formula is C44H62N2O3. The number of nitrogens with zero attached hydrogens (tertiary/aromatic N) is 1. The van der Waals surface area contributed by atoms with Gasteiger partial charge in [-0.3, -0.25) is 9.78 Å². The molecule has 1 heterocycles. The van der Waals surface area contributed by atoms with E-state index < -0.39 is 5.97 Å². The Kier molecular flexibility index (Phi) is 8.67. The molecule has 2 N–H and O–H groups in total. The fourth-order valence-electron chi connectivity index (χ4n) is 14.3. The molecule has 7 rings (SSSR count). The van der Waals surface area contributed by atoms with Crippen molar-refractivity contribution in [1.29, 1.82) is 0 Å². The Morgan fingerprint density at radius 2 is 1.59 bits per heavy atom. The molecule has 1 amide bonds. The molecular weight excluding hydrogens is 604 g/mol. The summed E-state index contributed by atoms with van der Waals surface area (Å²) >= 11 is 0. The van der Waals surface area contributed by atoms with Gasteiger partial charge in [-0.1, -0.05) is 66.7 Å². The van der Waals surface area contributed by atoms with Crippen molar-refractivity contribution in [2.75, 3.05) is 6.54 Å². The molecule has 5 saturated carbocycles. The van der Waals surface area contributed by atoms with Crippen LogP contribution in [0.1, 0.15) is 140 Å². The van der Waals surface area contributed by atoms with Gasteiger partial charge in [0.2, 0.25) is 5.91 Å². The second-order valence-corrected chi connectivity index (χ2v) is 19.0. The molecule has 49 heavy (non-hydrogen) atoms. The standard InChI is InChI=1S/C44H62N2O3/c1-28(2)32-17-23-44(39(49)46-27-20-31-10-8-9-26-45-31)25-24-42(6)34(37(32)44)15-16-36-41(5)21-18-33(29-11-13-30(14-12-29)38(47)48)40(3,4)35(41)19-22-43(36,42)7/h8-14,26,28,32-37H,15-25,27H2,1-7H3,(H,46,49)(H,47,48)/t32-,33+,34?,35-,36+,37+,41-,42+,43+,44-/m0/s1. The average Bonchev–Trinajstić information content (AvgIpc) is 3.47. The van der Waals surface area contributed by atoms with E-state index in [-0.39, 0.29) is 27.1 Å². The zero-order valence-electron chi connectivity index (χ0n) is 31.4. The molecule has 5 aliphatic rings. The Morgan fingerprint density at radius 1 is 0.837 bits per heavy atom. The summed E-state index contributed by atoms with van der Waals surface area (Å²) in [6.07, 6.45) is 14.6. The number of carboxylic acids is 1. The van der Waals surface area contributed by atoms with Gasteiger partial charge >= 0.3 is 5.97 Å². The first-order valence-corrected chi connectivity index (χ1v) is 19.7. The van der Waals surface area contributed by atoms with Crippen molar-refractivity contribution in [3.8, 4) is 0 Å². The van der Waals surface area contributed by atoms with Gasteiger partial charge < -0.3 is 10.4 Å². The third kappa shape index (κ3) is 5.16. The topological polar surface area (TPSA) is 79.3 Å². The maximum Gasteiger partial charge on any atom is 0.335 e. The second-order valence-electron chi connectivity index (χ2n) is 19.0. The SMILES string of the molecule is CC(C)[C@@H]1CC[C@]2(C(=O)NCCc3ccccn3)CC[C@]3(C)C(CC[C@@H]4[C@@]5(C)CC[C@H](c6ccc(C(=O)O)cc6)C(C)(C)[C@@H]5CC[C@]43C)[C@@H]12. The molecule has 10 atom stereocenters. The maximum absolute atomic E-state index is 14.5. The number of hydrogen-bond acceptors (Lipinski definition) is 3. The van der Waals surface area contributed by atoms with Crippen molar-refractivity contribution >= 4 is 11.9 Å². The molecule has 1 unspecified atom stereocenters. The van der Waals surface area contributed by atoms with Crippen LogP contribution in [0.5, 0.6) is 0 Å². The van der Waals surface area contributed by atoms with Crippen molar-refractivity contribution in [2.45, 2.75) is 125 Å². The lowest BCUT2D eigenvalue weighted by Gasteiger charge is -2.73. The van der Waals surface area contributed by atoms with Crippen LogP contribution >= 0.6 is 0 Å². The number of carbonyl (C=O) groups excluding carboxylic acids is 1. The summed E-state index contributed by atoms with van der Waals surface area (Å²) in [5.74, 6) is 3.51. The van der Waals surface area contributed by atoms with E-state index in [0.717, 1.165) is 25.0 Å². The van der Waals surface area contributed by atoms with Crippen molar-refractivity contribution in [2.24, 2.45) is 62.6 Å². The van der Waals surface area contributed by atoms with Crippen LogP contribution in [-0.4, -0.2) is 28.5 Å². The van der Waals surface area contributed by atoms with Crippen LogP contribution in [0.2, 0.25) is 0 Å². The summed E-state index contributed by atoms with van der Waals surface area (Å²) in [7, 11) is 0. The van der Waals surface area contributed by atoms with Crippen molar-refractivity contribution < 1.29 is 14.7 Å². The van der Waals surface area contributed by atoms with E-state index in [1.165, 1.54) is 56.9 Å². The smallest absolute Gasteiger partial charge is 0.335 e. The molecule has 0 saturated heterocycles. The van der Waals surface area contributed by atoms with Crippen LogP contribution in [0.4, 0.5) is 0 Å². The first-order valence-electron chi connectivity index (χ1n) is 19.7. The number of aromatic carboxylic acids is 1. The first-order chi connectivity index (χ1) is 23.2. The van der Waals surface area contributed by atoms with Crippen LogP contribution in [0.3, 0.4) is 0 Å². The third-order valence-electron chi connectivity index (χ3n) is 16.8. The van der Waals surface area contributed by atoms with E-state index in [1.807, 2.05) is 18.3 Å². The molecule has 5 fully saturated rings. The molecule has 0 aliphatic heterocycles. The van der Waals surface area contributed by atoms with Crippen molar-refractivity contribution in [1.82, 2.24) is 10.3 Å². The molecule has 5 heteroatoms. The number of nitrogens with one attached hydrogen (secondary N) is 1. The number of aromatic nitrogens is 1. The molecule has 1 aromatic carbocycles. The summed E-state index contributed by atoms with van der Waals surface area (Å²) in [5, 5.41) is 13.0. The van der Waals surface area contributed by atoms with E-state index in [9.17, 15) is 14.7 Å². The predicted molar refractivity (Wildman–Crippen MR) is 196 cm³/mol. The molecule has 5 nitrogen and oxygen atoms in total. The van der Waals surface area contributed by atoms with Gasteiger partial charge in [0.1, 0.15) is 0 Å². The van der Waals surface area contributed by atoms with Gasteiger partial charge in [-0.15, -0.1) is 0 Å². The van der Waals surface area contributed by atoms with Crippen LogP contribution in [-0.2, 0) is 11.2 Å². The number of amides is 1. The highest BCUT2D eigenvalue weighted by atomic mass is 16.4. The number of fused-ring (bicyclic) bond motifs is 7. The molecule has 266 valence electrons. The molecule has 0 spiro atoms. The van der Waals surface area contributed by atoms with E-state index in [0.29, 0.717) is 59.4 Å². The van der Waals surface area contributed by atoms with Gasteiger partial charge in [0.15, 0.2) is 0 Å². The number of carboxylic acid groups (broad SMARTS) is 1. The van der Waals surface area contributed by atoms with Gasteiger partial charge in [0.25, 0.3) is 0 Å². The number of benzene rings is 1. The number of carbonyl (C=O) groups is 2. The molecule has 5 aliphatic carbocycles. The lowest BCUT2D eigenvalue weighted by atomic mass is 9.31. The minimum Gasteiger partial charge on any atom is -0.478 e. The van der Waals surface area contributed by atoms with Gasteiger partial charge in [0.05, 0.1) is 11.0 Å². The number of rotatable bonds is 7. The van der Waals surface area contributed by atoms with Gasteiger partial charge in [-0.05, 0) is 157 Å². The Labute approximate surface area is 295 Å². The highest BCUT2D eigenvalue weighted by molar-refractivity contribution is 5.87. The first kappa shape index (κ1) is 34.7. The predicted octanol–water partition coefficient (Wildman–Crippen LogP) is 9.96. The van der Waals surface area contributed by atoms with Crippen LogP contribution in [0.25, 0.3) is 0 Å². The maximum atomic E-state index is 14.5. The summed E-state index contributed by atoms with van der Waals surface area (Å²) < 4.78 is 0. The monoisotopic (exact) mass is 666 g/mol. The highest BCUT2D eigenvalue weighted by Crippen LogP contribution is 2.78. The van der Waals surface area contributed by atoms with E-state index in [2.05, 4.69) is 77.0 Å². The lowest BCUT2D eigenvalue weighted by Crippen LogP contribution is -2.67. The van der Waals surface area contributed by atoms with Crippen LogP contribution in [0.15, 0.2) is 48.7 Å². The Hall–Kier alpha value is -2.69. The van der Waals surface area contributed by atoms with Crippen LogP contribution in [0, 0.1) is 62.6 Å².